The number of pyridine rings is 1. The fraction of sp³-hybridized carbons (Fsp3) is 0.462. The van der Waals surface area contributed by atoms with Crippen molar-refractivity contribution in [1.29, 1.82) is 0 Å². The standard InChI is InChI=1S/C13H17N5/c14-7-10-5-6-12(15-8-10)13-17-16-9-18(13)11-3-1-2-4-11/h5-6,8-9,11H,1-4,7,14H2. The van der Waals surface area contributed by atoms with Gasteiger partial charge in [-0.15, -0.1) is 10.2 Å². The molecule has 0 spiro atoms. The van der Waals surface area contributed by atoms with E-state index in [1.54, 1.807) is 0 Å². The van der Waals surface area contributed by atoms with Crippen LogP contribution in [0.5, 0.6) is 0 Å². The summed E-state index contributed by atoms with van der Waals surface area (Å²) in [6.45, 7) is 0.516. The summed E-state index contributed by atoms with van der Waals surface area (Å²) in [4.78, 5) is 4.42. The van der Waals surface area contributed by atoms with Gasteiger partial charge in [0.2, 0.25) is 0 Å². The average molecular weight is 243 g/mol. The van der Waals surface area contributed by atoms with Gasteiger partial charge in [-0.2, -0.15) is 0 Å². The zero-order valence-corrected chi connectivity index (χ0v) is 10.3. The third kappa shape index (κ3) is 2.01. The molecule has 18 heavy (non-hydrogen) atoms. The van der Waals surface area contributed by atoms with E-state index in [4.69, 9.17) is 5.73 Å². The highest BCUT2D eigenvalue weighted by Crippen LogP contribution is 2.31. The number of aromatic nitrogens is 4. The summed E-state index contributed by atoms with van der Waals surface area (Å²) in [5, 5.41) is 8.24. The Kier molecular flexibility index (Phi) is 3.06. The van der Waals surface area contributed by atoms with Crippen LogP contribution in [0.2, 0.25) is 0 Å². The molecule has 0 bridgehead atoms. The van der Waals surface area contributed by atoms with E-state index >= 15 is 0 Å². The summed E-state index contributed by atoms with van der Waals surface area (Å²) in [6, 6.07) is 4.50. The summed E-state index contributed by atoms with van der Waals surface area (Å²) in [7, 11) is 0. The summed E-state index contributed by atoms with van der Waals surface area (Å²) in [5.41, 5.74) is 7.48. The quantitative estimate of drug-likeness (QED) is 0.894. The molecule has 0 amide bonds. The number of rotatable bonds is 3. The minimum Gasteiger partial charge on any atom is -0.326 e. The predicted octanol–water partition coefficient (Wildman–Crippen LogP) is 1.91. The van der Waals surface area contributed by atoms with Crippen molar-refractivity contribution >= 4 is 0 Å². The summed E-state index contributed by atoms with van der Waals surface area (Å²) in [5.74, 6) is 0.866. The molecule has 2 heterocycles. The largest absolute Gasteiger partial charge is 0.326 e. The van der Waals surface area contributed by atoms with E-state index in [-0.39, 0.29) is 0 Å². The first kappa shape index (κ1) is 11.3. The molecule has 1 fully saturated rings. The molecule has 1 aliphatic rings. The lowest BCUT2D eigenvalue weighted by molar-refractivity contribution is 0.521. The number of hydrogen-bond acceptors (Lipinski definition) is 4. The first-order chi connectivity index (χ1) is 8.88. The van der Waals surface area contributed by atoms with Crippen LogP contribution in [0.15, 0.2) is 24.7 Å². The van der Waals surface area contributed by atoms with Gasteiger partial charge >= 0.3 is 0 Å². The average Bonchev–Trinajstić information content (AvgIpc) is 3.09. The Morgan fingerprint density at radius 3 is 2.78 bits per heavy atom. The highest BCUT2D eigenvalue weighted by Gasteiger charge is 2.20. The van der Waals surface area contributed by atoms with Gasteiger partial charge in [-0.25, -0.2) is 0 Å². The van der Waals surface area contributed by atoms with Crippen LogP contribution >= 0.6 is 0 Å². The van der Waals surface area contributed by atoms with Crippen molar-refractivity contribution in [2.24, 2.45) is 5.73 Å². The Morgan fingerprint density at radius 2 is 2.11 bits per heavy atom. The fourth-order valence-electron chi connectivity index (χ4n) is 2.55. The van der Waals surface area contributed by atoms with Gasteiger partial charge in [0.1, 0.15) is 12.0 Å². The second-order valence-electron chi connectivity index (χ2n) is 4.76. The molecule has 2 N–H and O–H groups in total. The third-order valence-corrected chi connectivity index (χ3v) is 3.58. The van der Waals surface area contributed by atoms with E-state index in [0.717, 1.165) is 17.1 Å². The number of nitrogens with zero attached hydrogens (tertiary/aromatic N) is 4. The molecule has 2 aromatic heterocycles. The first-order valence-electron chi connectivity index (χ1n) is 6.43. The molecule has 1 saturated carbocycles. The lowest BCUT2D eigenvalue weighted by atomic mass is 10.2. The maximum atomic E-state index is 5.57. The SMILES string of the molecule is NCc1ccc(-c2nncn2C2CCCC2)nc1. The van der Waals surface area contributed by atoms with E-state index in [2.05, 4.69) is 19.7 Å². The smallest absolute Gasteiger partial charge is 0.182 e. The van der Waals surface area contributed by atoms with Crippen molar-refractivity contribution in [2.75, 3.05) is 0 Å². The third-order valence-electron chi connectivity index (χ3n) is 3.58. The Labute approximate surface area is 106 Å². The van der Waals surface area contributed by atoms with Crippen LogP contribution in [0, 0.1) is 0 Å². The Bertz CT molecular complexity index is 510. The van der Waals surface area contributed by atoms with Crippen LogP contribution in [0.4, 0.5) is 0 Å². The minimum absolute atomic E-state index is 0.516. The zero-order valence-electron chi connectivity index (χ0n) is 10.3. The van der Waals surface area contributed by atoms with Crippen molar-refractivity contribution in [2.45, 2.75) is 38.3 Å². The van der Waals surface area contributed by atoms with Gasteiger partial charge in [0, 0.05) is 18.8 Å². The Balaban J connectivity index is 1.93. The number of hydrogen-bond donors (Lipinski definition) is 1. The van der Waals surface area contributed by atoms with Crippen LogP contribution in [-0.2, 0) is 6.54 Å². The zero-order chi connectivity index (χ0) is 12.4. The highest BCUT2D eigenvalue weighted by atomic mass is 15.3. The van der Waals surface area contributed by atoms with Crippen molar-refractivity contribution in [3.8, 4) is 11.5 Å². The summed E-state index contributed by atoms with van der Waals surface area (Å²) in [6.07, 6.45) is 8.65. The summed E-state index contributed by atoms with van der Waals surface area (Å²) >= 11 is 0. The van der Waals surface area contributed by atoms with Crippen molar-refractivity contribution in [3.05, 3.63) is 30.2 Å². The topological polar surface area (TPSA) is 69.6 Å². The molecule has 0 unspecified atom stereocenters. The molecular formula is C13H17N5. The maximum Gasteiger partial charge on any atom is 0.182 e. The number of nitrogens with two attached hydrogens (primary N) is 1. The van der Waals surface area contributed by atoms with E-state index in [1.165, 1.54) is 25.7 Å². The van der Waals surface area contributed by atoms with Gasteiger partial charge in [0.15, 0.2) is 5.82 Å². The molecule has 1 aliphatic carbocycles. The molecule has 0 radical (unpaired) electrons. The van der Waals surface area contributed by atoms with Gasteiger partial charge < -0.3 is 10.3 Å². The van der Waals surface area contributed by atoms with Gasteiger partial charge in [-0.3, -0.25) is 4.98 Å². The van der Waals surface area contributed by atoms with Crippen LogP contribution in [0.1, 0.15) is 37.3 Å². The van der Waals surface area contributed by atoms with Crippen LogP contribution in [-0.4, -0.2) is 19.7 Å². The molecule has 0 aliphatic heterocycles. The first-order valence-corrected chi connectivity index (χ1v) is 6.43. The molecular weight excluding hydrogens is 226 g/mol. The molecule has 0 saturated heterocycles. The van der Waals surface area contributed by atoms with Gasteiger partial charge in [-0.05, 0) is 24.5 Å². The fourth-order valence-corrected chi connectivity index (χ4v) is 2.55. The van der Waals surface area contributed by atoms with E-state index in [9.17, 15) is 0 Å². The predicted molar refractivity (Wildman–Crippen MR) is 68.6 cm³/mol. The van der Waals surface area contributed by atoms with Gasteiger partial charge in [-0.1, -0.05) is 18.9 Å². The van der Waals surface area contributed by atoms with Gasteiger partial charge in [0.05, 0.1) is 0 Å². The van der Waals surface area contributed by atoms with Crippen LogP contribution in [0.25, 0.3) is 11.5 Å². The Morgan fingerprint density at radius 1 is 1.28 bits per heavy atom. The van der Waals surface area contributed by atoms with Crippen LogP contribution in [0.3, 0.4) is 0 Å². The van der Waals surface area contributed by atoms with Crippen molar-refractivity contribution in [1.82, 2.24) is 19.7 Å². The second kappa shape index (κ2) is 4.86. The monoisotopic (exact) mass is 243 g/mol. The van der Waals surface area contributed by atoms with Crippen molar-refractivity contribution in [3.63, 3.8) is 0 Å². The molecule has 3 rings (SSSR count). The lowest BCUT2D eigenvalue weighted by Crippen LogP contribution is -2.06. The molecule has 5 heteroatoms. The molecule has 2 aromatic rings. The van der Waals surface area contributed by atoms with E-state index in [1.807, 2.05) is 24.7 Å². The van der Waals surface area contributed by atoms with Crippen molar-refractivity contribution < 1.29 is 0 Å². The second-order valence-corrected chi connectivity index (χ2v) is 4.76. The minimum atomic E-state index is 0.516. The van der Waals surface area contributed by atoms with Crippen LogP contribution < -0.4 is 5.73 Å². The molecule has 5 nitrogen and oxygen atoms in total. The maximum absolute atomic E-state index is 5.57. The molecule has 0 atom stereocenters. The van der Waals surface area contributed by atoms with E-state index < -0.39 is 0 Å². The lowest BCUT2D eigenvalue weighted by Gasteiger charge is -2.13. The highest BCUT2D eigenvalue weighted by molar-refractivity contribution is 5.49. The molecule has 0 aromatic carbocycles. The van der Waals surface area contributed by atoms with E-state index in [0.29, 0.717) is 12.6 Å². The van der Waals surface area contributed by atoms with Gasteiger partial charge in [0.25, 0.3) is 0 Å². The Hall–Kier alpha value is -1.75. The summed E-state index contributed by atoms with van der Waals surface area (Å²) < 4.78 is 2.16. The molecule has 94 valence electrons. The normalized spacial score (nSPS) is 16.3.